The average molecular weight is 246 g/mol. The molecule has 0 saturated carbocycles. The summed E-state index contributed by atoms with van der Waals surface area (Å²) in [6, 6.07) is 7.36. The fourth-order valence-electron chi connectivity index (χ4n) is 1.49. The molecule has 18 heavy (non-hydrogen) atoms. The van der Waals surface area contributed by atoms with Crippen molar-refractivity contribution < 1.29 is 14.4 Å². The predicted octanol–water partition coefficient (Wildman–Crippen LogP) is 0.0572. The molecule has 0 fully saturated rings. The van der Waals surface area contributed by atoms with Crippen molar-refractivity contribution in [1.29, 1.82) is 0 Å². The summed E-state index contributed by atoms with van der Waals surface area (Å²) in [5.41, 5.74) is 0. The maximum absolute atomic E-state index is 11.6. The van der Waals surface area contributed by atoms with Gasteiger partial charge in [0, 0.05) is 22.6 Å². The minimum Gasteiger partial charge on any atom is -0.318 e. The molecular weight excluding hydrogens is 234 g/mol. The van der Waals surface area contributed by atoms with Crippen molar-refractivity contribution in [2.75, 3.05) is 6.54 Å². The first-order chi connectivity index (χ1) is 8.70. The molecular formula is C12H12N3O3+. The molecule has 1 aliphatic rings. The monoisotopic (exact) mass is 246 g/mol. The molecule has 0 radical (unpaired) electrons. The molecule has 1 heterocycles. The van der Waals surface area contributed by atoms with Crippen LogP contribution in [0.2, 0.25) is 0 Å². The number of rotatable bonds is 2. The van der Waals surface area contributed by atoms with E-state index in [2.05, 4.69) is 15.3 Å². The Morgan fingerprint density at radius 3 is 2.83 bits per heavy atom. The summed E-state index contributed by atoms with van der Waals surface area (Å²) in [6.45, 7) is 2.19. The summed E-state index contributed by atoms with van der Waals surface area (Å²) in [5, 5.41) is 7.56. The van der Waals surface area contributed by atoms with E-state index in [1.165, 1.54) is 6.20 Å². The van der Waals surface area contributed by atoms with E-state index in [9.17, 15) is 9.70 Å². The second kappa shape index (κ2) is 5.22. The number of nitrogens with zero attached hydrogens (tertiary/aromatic N) is 2. The van der Waals surface area contributed by atoms with E-state index in [1.807, 2.05) is 24.3 Å². The summed E-state index contributed by atoms with van der Waals surface area (Å²) in [4.78, 5) is 27.2. The van der Waals surface area contributed by atoms with Gasteiger partial charge in [-0.1, -0.05) is 29.2 Å². The van der Waals surface area contributed by atoms with Gasteiger partial charge in [-0.3, -0.25) is 0 Å². The highest BCUT2D eigenvalue weighted by Crippen LogP contribution is 1.92. The molecule has 0 spiro atoms. The third-order valence-electron chi connectivity index (χ3n) is 2.31. The number of hydrogen-bond acceptors (Lipinski definition) is 4. The third-order valence-corrected chi connectivity index (χ3v) is 2.31. The molecule has 1 aliphatic heterocycles. The van der Waals surface area contributed by atoms with Crippen LogP contribution < -0.4 is 15.8 Å². The molecule has 6 nitrogen and oxygen atoms in total. The quantitative estimate of drug-likeness (QED) is 0.455. The molecule has 2 rings (SSSR count). The Balaban J connectivity index is 2.27. The molecule has 0 saturated heterocycles. The molecule has 1 aromatic carbocycles. The van der Waals surface area contributed by atoms with Gasteiger partial charge in [0.1, 0.15) is 0 Å². The zero-order chi connectivity index (χ0) is 13.0. The number of nitroso groups, excluding NO2 is 1. The second-order valence-electron chi connectivity index (χ2n) is 3.59. The number of amides is 1. The fraction of sp³-hybridized carbons (Fsp3) is 0.167. The molecule has 1 aromatic rings. The first kappa shape index (κ1) is 12.0. The van der Waals surface area contributed by atoms with E-state index in [1.54, 1.807) is 13.0 Å². The molecule has 0 aromatic heterocycles. The van der Waals surface area contributed by atoms with Gasteiger partial charge < -0.3 is 5.32 Å². The summed E-state index contributed by atoms with van der Waals surface area (Å²) in [5.74, 6) is 0.0277. The van der Waals surface area contributed by atoms with Crippen LogP contribution in [0.5, 0.6) is 0 Å². The molecule has 0 unspecified atom stereocenters. The third kappa shape index (κ3) is 2.60. The van der Waals surface area contributed by atoms with E-state index in [-0.39, 0.29) is 5.84 Å². The highest BCUT2D eigenvalue weighted by Gasteiger charge is 2.19. The van der Waals surface area contributed by atoms with Crippen molar-refractivity contribution in [3.05, 3.63) is 39.6 Å². The van der Waals surface area contributed by atoms with Crippen LogP contribution in [0.3, 0.4) is 0 Å². The topological polar surface area (TPSA) is 70.8 Å². The van der Waals surface area contributed by atoms with E-state index < -0.39 is 6.09 Å². The maximum atomic E-state index is 11.6. The van der Waals surface area contributed by atoms with Crippen LogP contribution in [-0.4, -0.2) is 23.2 Å². The Labute approximate surface area is 103 Å². The largest absolute Gasteiger partial charge is 0.457 e. The molecule has 0 atom stereocenters. The highest BCUT2D eigenvalue weighted by atomic mass is 16.7. The molecule has 0 bridgehead atoms. The van der Waals surface area contributed by atoms with Crippen LogP contribution in [0.25, 0.3) is 12.3 Å². The molecule has 1 N–H and O–H groups in total. The van der Waals surface area contributed by atoms with E-state index >= 15 is 0 Å². The lowest BCUT2D eigenvalue weighted by atomic mass is 10.2. The van der Waals surface area contributed by atoms with Gasteiger partial charge in [0.05, 0.1) is 0 Å². The number of amidine groups is 1. The zero-order valence-electron chi connectivity index (χ0n) is 9.79. The van der Waals surface area contributed by atoms with Crippen LogP contribution in [0.15, 0.2) is 29.4 Å². The minimum absolute atomic E-state index is 0.0277. The number of fused-ring (bicyclic) bond motifs is 1. The Bertz CT molecular complexity index is 634. The molecule has 0 aliphatic carbocycles. The number of oxime groups is 1. The van der Waals surface area contributed by atoms with E-state index in [0.717, 1.165) is 10.4 Å². The van der Waals surface area contributed by atoms with Crippen molar-refractivity contribution in [2.45, 2.75) is 6.92 Å². The summed E-state index contributed by atoms with van der Waals surface area (Å²) >= 11 is 0. The molecule has 92 valence electrons. The van der Waals surface area contributed by atoms with Crippen LogP contribution >= 0.6 is 0 Å². The average Bonchev–Trinajstić information content (AvgIpc) is 2.36. The van der Waals surface area contributed by atoms with Crippen LogP contribution in [-0.2, 0) is 4.84 Å². The van der Waals surface area contributed by atoms with Crippen molar-refractivity contribution in [2.24, 2.45) is 5.16 Å². The molecule has 6 heteroatoms. The van der Waals surface area contributed by atoms with Gasteiger partial charge in [-0.15, -0.1) is 0 Å². The van der Waals surface area contributed by atoms with Gasteiger partial charge in [-0.25, -0.2) is 4.79 Å². The van der Waals surface area contributed by atoms with Gasteiger partial charge in [-0.2, -0.15) is 4.84 Å². The highest BCUT2D eigenvalue weighted by molar-refractivity contribution is 6.04. The van der Waals surface area contributed by atoms with Crippen molar-refractivity contribution in [3.63, 3.8) is 0 Å². The maximum Gasteiger partial charge on any atom is 0.457 e. The van der Waals surface area contributed by atoms with Crippen LogP contribution in [0.4, 0.5) is 4.79 Å². The number of carbonyl (C=O) groups excluding carboxylic acids is 1. The number of nitrogens with one attached hydrogen (secondary N) is 1. The SMILES string of the molecule is CCNC(=O)ON=C1C=c2ccccc2=C[N+]1=O. The zero-order valence-corrected chi connectivity index (χ0v) is 9.79. The van der Waals surface area contributed by atoms with Crippen molar-refractivity contribution >= 4 is 24.2 Å². The van der Waals surface area contributed by atoms with Crippen LogP contribution in [0, 0.1) is 4.91 Å². The summed E-state index contributed by atoms with van der Waals surface area (Å²) < 4.78 is 0.557. The summed E-state index contributed by atoms with van der Waals surface area (Å²) in [7, 11) is 0. The fourth-order valence-corrected chi connectivity index (χ4v) is 1.49. The van der Waals surface area contributed by atoms with E-state index in [4.69, 9.17) is 0 Å². The van der Waals surface area contributed by atoms with E-state index in [0.29, 0.717) is 11.3 Å². The van der Waals surface area contributed by atoms with Gasteiger partial charge in [0.15, 0.2) is 11.4 Å². The standard InChI is InChI=1S/C12H11N3O3/c1-2-13-12(16)18-14-11-7-9-5-3-4-6-10(9)8-15(11)17/h3-8H,2H2,1H3/p+1. The smallest absolute Gasteiger partial charge is 0.318 e. The second-order valence-corrected chi connectivity index (χ2v) is 3.59. The van der Waals surface area contributed by atoms with Gasteiger partial charge in [0.2, 0.25) is 0 Å². The Kier molecular flexibility index (Phi) is 3.47. The van der Waals surface area contributed by atoms with Gasteiger partial charge in [0.25, 0.3) is 0 Å². The first-order valence-electron chi connectivity index (χ1n) is 5.48. The Morgan fingerprint density at radius 1 is 1.39 bits per heavy atom. The van der Waals surface area contributed by atoms with Crippen molar-refractivity contribution in [3.8, 4) is 0 Å². The predicted molar refractivity (Wildman–Crippen MR) is 65.8 cm³/mol. The normalized spacial score (nSPS) is 15.4. The number of benzene rings is 1. The van der Waals surface area contributed by atoms with Gasteiger partial charge in [-0.05, 0) is 12.1 Å². The molecule has 1 amide bonds. The summed E-state index contributed by atoms with van der Waals surface area (Å²) in [6.07, 6.45) is 2.25. The lowest BCUT2D eigenvalue weighted by Gasteiger charge is -1.96. The minimum atomic E-state index is -0.689. The number of hydrogen-bond donors (Lipinski definition) is 1. The lowest BCUT2D eigenvalue weighted by Crippen LogP contribution is -2.33. The van der Waals surface area contributed by atoms with Crippen LogP contribution in [0.1, 0.15) is 6.92 Å². The lowest BCUT2D eigenvalue weighted by molar-refractivity contribution is -0.308. The van der Waals surface area contributed by atoms with Crippen molar-refractivity contribution in [1.82, 2.24) is 5.32 Å². The Hall–Kier alpha value is -2.50. The number of carbonyl (C=O) groups is 1. The first-order valence-corrected chi connectivity index (χ1v) is 5.48. The Morgan fingerprint density at radius 2 is 2.11 bits per heavy atom. The van der Waals surface area contributed by atoms with Gasteiger partial charge >= 0.3 is 11.9 Å².